The molecular weight excluding hydrogens is 288 g/mol. The average molecular weight is 293 g/mol. The van der Waals surface area contributed by atoms with Crippen LogP contribution in [0.3, 0.4) is 0 Å². The highest BCUT2D eigenvalue weighted by atomic mass is 127. The number of hydrogen-bond acceptors (Lipinski definition) is 2. The lowest BCUT2D eigenvalue weighted by atomic mass is 10.5. The third kappa shape index (κ3) is 1.29. The highest BCUT2D eigenvalue weighted by Crippen LogP contribution is 2.11. The van der Waals surface area contributed by atoms with Crippen LogP contribution < -0.4 is 0 Å². The molecule has 2 rings (SSSR count). The summed E-state index contributed by atoms with van der Waals surface area (Å²) in [5.74, 6) is 0.809. The second-order valence-electron chi connectivity index (χ2n) is 2.28. The smallest absolute Gasteiger partial charge is 0.161 e. The summed E-state index contributed by atoms with van der Waals surface area (Å²) in [4.78, 5) is 4.25. The molecule has 0 atom stereocenters. The Labute approximate surface area is 87.9 Å². The number of aromatic nitrogens is 3. The van der Waals surface area contributed by atoms with Crippen molar-refractivity contribution in [3.63, 3.8) is 0 Å². The lowest BCUT2D eigenvalue weighted by Gasteiger charge is -1.91. The molecule has 0 aliphatic heterocycles. The second kappa shape index (κ2) is 3.18. The van der Waals surface area contributed by atoms with Crippen molar-refractivity contribution in [3.8, 4) is 0 Å². The van der Waals surface area contributed by atoms with E-state index in [1.165, 1.54) is 0 Å². The van der Waals surface area contributed by atoms with Gasteiger partial charge in [0, 0.05) is 0 Å². The third-order valence-electron chi connectivity index (χ3n) is 1.48. The molecule has 2 aromatic heterocycles. The Kier molecular flexibility index (Phi) is 2.18. The first-order chi connectivity index (χ1) is 5.81. The van der Waals surface area contributed by atoms with Gasteiger partial charge in [-0.2, -0.15) is 0 Å². The molecule has 0 fully saturated rings. The number of nitrogens with zero attached hydrogens (tertiary/aromatic N) is 3. The maximum Gasteiger partial charge on any atom is 0.161 e. The highest BCUT2D eigenvalue weighted by Gasteiger charge is 2.03. The minimum atomic E-state index is 0.594. The maximum absolute atomic E-state index is 5.89. The summed E-state index contributed by atoms with van der Waals surface area (Å²) in [7, 11) is 0. The predicted octanol–water partition coefficient (Wildman–Crippen LogP) is 2.32. The summed E-state index contributed by atoms with van der Waals surface area (Å²) in [6, 6.07) is 5.54. The van der Waals surface area contributed by atoms with E-state index in [1.807, 2.05) is 12.1 Å². The molecule has 0 saturated heterocycles. The molecule has 0 aliphatic carbocycles. The Morgan fingerprint density at radius 1 is 1.50 bits per heavy atom. The van der Waals surface area contributed by atoms with Gasteiger partial charge in [-0.3, -0.25) is 0 Å². The molecule has 0 saturated carbocycles. The summed E-state index contributed by atoms with van der Waals surface area (Å²) in [6.07, 6.45) is 0. The monoisotopic (exact) mass is 293 g/mol. The molecule has 62 valence electrons. The van der Waals surface area contributed by atoms with Crippen molar-refractivity contribution in [1.82, 2.24) is 14.6 Å². The number of rotatable bonds is 1. The van der Waals surface area contributed by atoms with E-state index in [0.29, 0.717) is 5.15 Å². The molecule has 0 radical (unpaired) electrons. The summed E-state index contributed by atoms with van der Waals surface area (Å²) in [5.41, 5.74) is 0.800. The van der Waals surface area contributed by atoms with E-state index < -0.39 is 0 Å². The van der Waals surface area contributed by atoms with Gasteiger partial charge >= 0.3 is 0 Å². The van der Waals surface area contributed by atoms with Gasteiger partial charge in [0.15, 0.2) is 11.5 Å². The van der Waals surface area contributed by atoms with Crippen molar-refractivity contribution in [3.05, 3.63) is 29.2 Å². The zero-order valence-corrected chi connectivity index (χ0v) is 8.95. The van der Waals surface area contributed by atoms with Crippen LogP contribution >= 0.6 is 34.2 Å². The standard InChI is InChI=1S/C7H5ClIN3/c8-5-2-1-3-7-10-6(4-9)11-12(5)7/h1-3H,4H2. The van der Waals surface area contributed by atoms with Crippen LogP contribution in [0.25, 0.3) is 5.65 Å². The molecule has 0 N–H and O–H groups in total. The summed E-state index contributed by atoms with van der Waals surface area (Å²) >= 11 is 8.10. The van der Waals surface area contributed by atoms with E-state index in [2.05, 4.69) is 32.7 Å². The van der Waals surface area contributed by atoms with Crippen LogP contribution in [0.2, 0.25) is 5.15 Å². The highest BCUT2D eigenvalue weighted by molar-refractivity contribution is 14.1. The average Bonchev–Trinajstić information content (AvgIpc) is 2.49. The maximum atomic E-state index is 5.89. The van der Waals surface area contributed by atoms with Crippen molar-refractivity contribution in [2.45, 2.75) is 4.43 Å². The van der Waals surface area contributed by atoms with Gasteiger partial charge in [-0.1, -0.05) is 40.3 Å². The van der Waals surface area contributed by atoms with Gasteiger partial charge in [0.25, 0.3) is 0 Å². The van der Waals surface area contributed by atoms with E-state index in [4.69, 9.17) is 11.6 Å². The Hall–Kier alpha value is -0.360. The molecule has 0 aromatic carbocycles. The van der Waals surface area contributed by atoms with Crippen LogP contribution in [-0.2, 0) is 4.43 Å². The van der Waals surface area contributed by atoms with Crippen molar-refractivity contribution < 1.29 is 0 Å². The van der Waals surface area contributed by atoms with Crippen molar-refractivity contribution in [2.75, 3.05) is 0 Å². The number of hydrogen-bond donors (Lipinski definition) is 0. The molecule has 0 spiro atoms. The van der Waals surface area contributed by atoms with E-state index in [9.17, 15) is 0 Å². The molecule has 2 aromatic rings. The van der Waals surface area contributed by atoms with Gasteiger partial charge < -0.3 is 0 Å². The van der Waals surface area contributed by atoms with Gasteiger partial charge in [0.05, 0.1) is 4.43 Å². The molecule has 0 amide bonds. The molecule has 5 heteroatoms. The quantitative estimate of drug-likeness (QED) is 0.459. The fourth-order valence-corrected chi connectivity index (χ4v) is 1.49. The second-order valence-corrected chi connectivity index (χ2v) is 3.43. The van der Waals surface area contributed by atoms with Gasteiger partial charge in [0.2, 0.25) is 0 Å². The van der Waals surface area contributed by atoms with Crippen molar-refractivity contribution in [1.29, 1.82) is 0 Å². The van der Waals surface area contributed by atoms with Crippen LogP contribution in [0.15, 0.2) is 18.2 Å². The molecule has 3 nitrogen and oxygen atoms in total. The van der Waals surface area contributed by atoms with Gasteiger partial charge in [0.1, 0.15) is 5.15 Å². The number of alkyl halides is 1. The fraction of sp³-hybridized carbons (Fsp3) is 0.143. The van der Waals surface area contributed by atoms with Crippen LogP contribution in [0, 0.1) is 0 Å². The lowest BCUT2D eigenvalue weighted by Crippen LogP contribution is -1.88. The summed E-state index contributed by atoms with van der Waals surface area (Å²) < 4.78 is 2.44. The van der Waals surface area contributed by atoms with Gasteiger partial charge in [-0.25, -0.2) is 9.50 Å². The fourth-order valence-electron chi connectivity index (χ4n) is 0.974. The topological polar surface area (TPSA) is 30.2 Å². The molecular formula is C7H5ClIN3. The van der Waals surface area contributed by atoms with Crippen LogP contribution in [0.1, 0.15) is 5.82 Å². The van der Waals surface area contributed by atoms with Crippen molar-refractivity contribution in [2.24, 2.45) is 0 Å². The van der Waals surface area contributed by atoms with Crippen LogP contribution in [0.5, 0.6) is 0 Å². The zero-order chi connectivity index (χ0) is 8.55. The molecule has 0 unspecified atom stereocenters. The van der Waals surface area contributed by atoms with E-state index >= 15 is 0 Å². The first-order valence-corrected chi connectivity index (χ1v) is 5.28. The van der Waals surface area contributed by atoms with E-state index in [-0.39, 0.29) is 0 Å². The number of fused-ring (bicyclic) bond motifs is 1. The van der Waals surface area contributed by atoms with Gasteiger partial charge in [-0.15, -0.1) is 5.10 Å². The minimum Gasteiger partial charge on any atom is -0.211 e. The molecule has 12 heavy (non-hydrogen) atoms. The Morgan fingerprint density at radius 3 is 3.00 bits per heavy atom. The van der Waals surface area contributed by atoms with Gasteiger partial charge in [-0.05, 0) is 12.1 Å². The number of pyridine rings is 1. The van der Waals surface area contributed by atoms with E-state index in [1.54, 1.807) is 10.6 Å². The first-order valence-electron chi connectivity index (χ1n) is 3.37. The van der Waals surface area contributed by atoms with Crippen LogP contribution in [0.4, 0.5) is 0 Å². The molecule has 0 bridgehead atoms. The first kappa shape index (κ1) is 8.25. The largest absolute Gasteiger partial charge is 0.211 e. The summed E-state index contributed by atoms with van der Waals surface area (Å²) in [5, 5.41) is 4.79. The Bertz CT molecular complexity index is 412. The Morgan fingerprint density at radius 2 is 2.33 bits per heavy atom. The van der Waals surface area contributed by atoms with E-state index in [0.717, 1.165) is 15.9 Å². The molecule has 0 aliphatic rings. The minimum absolute atomic E-state index is 0.594. The third-order valence-corrected chi connectivity index (χ3v) is 2.45. The molecule has 2 heterocycles. The number of halogens is 2. The predicted molar refractivity (Wildman–Crippen MR) is 55.7 cm³/mol. The lowest BCUT2D eigenvalue weighted by molar-refractivity contribution is 0.929. The normalized spacial score (nSPS) is 10.8. The SMILES string of the molecule is Clc1cccc2nc(CI)nn12. The summed E-state index contributed by atoms with van der Waals surface area (Å²) in [6.45, 7) is 0. The van der Waals surface area contributed by atoms with Crippen molar-refractivity contribution >= 4 is 39.8 Å². The van der Waals surface area contributed by atoms with Crippen LogP contribution in [-0.4, -0.2) is 14.6 Å². The Balaban J connectivity index is 2.74. The zero-order valence-electron chi connectivity index (χ0n) is 6.04.